The lowest BCUT2D eigenvalue weighted by Crippen LogP contribution is -2.43. The zero-order valence-corrected chi connectivity index (χ0v) is 22.9. The zero-order chi connectivity index (χ0) is 28.1. The Bertz CT molecular complexity index is 1240. The third-order valence-corrected chi connectivity index (χ3v) is 7.80. The molecule has 1 saturated carbocycles. The van der Waals surface area contributed by atoms with Crippen LogP contribution in [-0.4, -0.2) is 94.3 Å². The molecule has 9 nitrogen and oxygen atoms in total. The van der Waals surface area contributed by atoms with Crippen molar-refractivity contribution in [3.63, 3.8) is 0 Å². The van der Waals surface area contributed by atoms with Crippen LogP contribution in [0, 0.1) is 5.92 Å². The largest absolute Gasteiger partial charge is 0.395 e. The van der Waals surface area contributed by atoms with E-state index < -0.39 is 12.6 Å². The molecule has 3 aromatic rings. The van der Waals surface area contributed by atoms with Gasteiger partial charge in [-0.2, -0.15) is 9.97 Å². The Morgan fingerprint density at radius 3 is 2.48 bits per heavy atom. The van der Waals surface area contributed by atoms with Crippen molar-refractivity contribution in [1.82, 2.24) is 24.4 Å². The van der Waals surface area contributed by atoms with E-state index in [4.69, 9.17) is 9.72 Å². The fourth-order valence-electron chi connectivity index (χ4n) is 5.83. The van der Waals surface area contributed by atoms with Crippen molar-refractivity contribution >= 4 is 22.8 Å². The molecule has 2 aromatic heterocycles. The number of rotatable bonds is 11. The van der Waals surface area contributed by atoms with Gasteiger partial charge in [0.25, 0.3) is 6.43 Å². The number of benzene rings is 1. The van der Waals surface area contributed by atoms with Crippen molar-refractivity contribution in [1.29, 1.82) is 0 Å². The molecule has 0 spiro atoms. The minimum atomic E-state index is -2.77. The number of halogens is 3. The lowest BCUT2D eigenvalue weighted by atomic mass is 9.85. The average molecular weight is 562 g/mol. The molecule has 0 radical (unpaired) electrons. The highest BCUT2D eigenvalue weighted by Crippen LogP contribution is 2.31. The van der Waals surface area contributed by atoms with Gasteiger partial charge in [-0.15, -0.1) is 0 Å². The Morgan fingerprint density at radius 2 is 1.77 bits per heavy atom. The monoisotopic (exact) mass is 561 g/mol. The standard InChI is InChI=1S/C28H38F3N7O2/c1-19(29)18-37(10-13-39)21-8-6-20(7-9-21)17-32-28-34-24(36-11-14-40-15-12-36)16-25(35-28)38-23-5-3-2-4-22(23)33-27(38)26(30)31/h2-5,16,19-21,26,39H,6-15,17-18H2,1H3,(H,32,34,35). The number of nitrogens with zero attached hydrogens (tertiary/aromatic N) is 6. The molecule has 40 heavy (non-hydrogen) atoms. The summed E-state index contributed by atoms with van der Waals surface area (Å²) in [6.07, 6.45) is 0.0617. The van der Waals surface area contributed by atoms with Crippen LogP contribution in [-0.2, 0) is 4.74 Å². The smallest absolute Gasteiger partial charge is 0.296 e. The number of imidazole rings is 1. The Balaban J connectivity index is 1.36. The second-order valence-electron chi connectivity index (χ2n) is 10.7. The molecule has 3 heterocycles. The average Bonchev–Trinajstić information content (AvgIpc) is 3.37. The molecule has 5 rings (SSSR count). The molecular weight excluding hydrogens is 523 g/mol. The summed E-state index contributed by atoms with van der Waals surface area (Å²) in [5.41, 5.74) is 1.04. The number of morpholine rings is 1. The number of fused-ring (bicyclic) bond motifs is 1. The number of aliphatic hydroxyl groups excluding tert-OH is 1. The summed E-state index contributed by atoms with van der Waals surface area (Å²) in [5, 5.41) is 12.8. The van der Waals surface area contributed by atoms with Crippen LogP contribution < -0.4 is 10.2 Å². The first kappa shape index (κ1) is 28.6. The van der Waals surface area contributed by atoms with Crippen LogP contribution in [0.4, 0.5) is 24.9 Å². The minimum Gasteiger partial charge on any atom is -0.395 e. The third kappa shape index (κ3) is 6.67. The van der Waals surface area contributed by atoms with Gasteiger partial charge in [0.15, 0.2) is 5.82 Å². The highest BCUT2D eigenvalue weighted by molar-refractivity contribution is 5.78. The van der Waals surface area contributed by atoms with E-state index in [0.29, 0.717) is 80.5 Å². The summed E-state index contributed by atoms with van der Waals surface area (Å²) in [4.78, 5) is 17.8. The summed E-state index contributed by atoms with van der Waals surface area (Å²) in [6.45, 7) is 5.46. The summed E-state index contributed by atoms with van der Waals surface area (Å²) < 4.78 is 48.8. The normalized spacial score (nSPS) is 20.9. The molecule has 0 amide bonds. The van der Waals surface area contributed by atoms with Gasteiger partial charge >= 0.3 is 0 Å². The molecule has 2 fully saturated rings. The van der Waals surface area contributed by atoms with Gasteiger partial charge in [0.05, 0.1) is 30.9 Å². The summed E-state index contributed by atoms with van der Waals surface area (Å²) in [6, 6.07) is 9.05. The zero-order valence-electron chi connectivity index (χ0n) is 22.9. The van der Waals surface area contributed by atoms with Crippen molar-refractivity contribution in [2.24, 2.45) is 5.92 Å². The number of nitrogens with one attached hydrogen (secondary N) is 1. The molecule has 12 heteroatoms. The molecule has 1 unspecified atom stereocenters. The molecule has 2 N–H and O–H groups in total. The quantitative estimate of drug-likeness (QED) is 0.360. The number of para-hydroxylation sites is 2. The van der Waals surface area contributed by atoms with E-state index in [1.54, 1.807) is 37.3 Å². The second-order valence-corrected chi connectivity index (χ2v) is 10.7. The number of ether oxygens (including phenoxy) is 1. The SMILES string of the molecule is CC(F)CN(CCO)C1CCC(CNc2nc(N3CCOCC3)cc(-n3c(C(F)F)nc4ccccc43)n2)CC1. The van der Waals surface area contributed by atoms with Gasteiger partial charge in [-0.05, 0) is 50.7 Å². The van der Waals surface area contributed by atoms with E-state index in [2.05, 4.69) is 25.1 Å². The van der Waals surface area contributed by atoms with E-state index in [-0.39, 0.29) is 18.5 Å². The van der Waals surface area contributed by atoms with Gasteiger partial charge in [-0.25, -0.2) is 18.2 Å². The van der Waals surface area contributed by atoms with Crippen LogP contribution in [0.1, 0.15) is 44.9 Å². The van der Waals surface area contributed by atoms with Crippen molar-refractivity contribution in [2.75, 3.05) is 62.8 Å². The van der Waals surface area contributed by atoms with Gasteiger partial charge < -0.3 is 20.1 Å². The number of aliphatic hydroxyl groups is 1. The molecule has 1 aliphatic heterocycles. The first-order valence-corrected chi connectivity index (χ1v) is 14.1. The fourth-order valence-corrected chi connectivity index (χ4v) is 5.83. The number of hydrogen-bond acceptors (Lipinski definition) is 8. The van der Waals surface area contributed by atoms with Gasteiger partial charge in [0.2, 0.25) is 5.95 Å². The number of aromatic nitrogens is 4. The van der Waals surface area contributed by atoms with Crippen LogP contribution in [0.5, 0.6) is 0 Å². The van der Waals surface area contributed by atoms with Gasteiger partial charge in [-0.1, -0.05) is 12.1 Å². The van der Waals surface area contributed by atoms with Crippen molar-refractivity contribution in [2.45, 2.75) is 51.2 Å². The molecule has 2 aliphatic rings. The summed E-state index contributed by atoms with van der Waals surface area (Å²) in [5.74, 6) is 1.39. The van der Waals surface area contributed by atoms with Crippen LogP contribution >= 0.6 is 0 Å². The van der Waals surface area contributed by atoms with Crippen LogP contribution in [0.15, 0.2) is 30.3 Å². The number of alkyl halides is 3. The van der Waals surface area contributed by atoms with Crippen LogP contribution in [0.25, 0.3) is 16.9 Å². The molecule has 0 bridgehead atoms. The van der Waals surface area contributed by atoms with Crippen LogP contribution in [0.3, 0.4) is 0 Å². The third-order valence-electron chi connectivity index (χ3n) is 7.80. The Morgan fingerprint density at radius 1 is 1.05 bits per heavy atom. The highest BCUT2D eigenvalue weighted by atomic mass is 19.3. The molecule has 1 aromatic carbocycles. The van der Waals surface area contributed by atoms with E-state index >= 15 is 0 Å². The van der Waals surface area contributed by atoms with Crippen molar-refractivity contribution < 1.29 is 23.0 Å². The highest BCUT2D eigenvalue weighted by Gasteiger charge is 2.27. The van der Waals surface area contributed by atoms with E-state index in [0.717, 1.165) is 25.7 Å². The summed E-state index contributed by atoms with van der Waals surface area (Å²) >= 11 is 0. The predicted octanol–water partition coefficient (Wildman–Crippen LogP) is 4.21. The Kier molecular flexibility index (Phi) is 9.38. The lowest BCUT2D eigenvalue weighted by molar-refractivity contribution is 0.0894. The topological polar surface area (TPSA) is 91.6 Å². The maximum absolute atomic E-state index is 14.1. The fraction of sp³-hybridized carbons (Fsp3) is 0.607. The molecule has 1 aliphatic carbocycles. The lowest BCUT2D eigenvalue weighted by Gasteiger charge is -2.37. The minimum absolute atomic E-state index is 0.0207. The van der Waals surface area contributed by atoms with Gasteiger partial charge in [0, 0.05) is 44.8 Å². The maximum atomic E-state index is 14.1. The first-order chi connectivity index (χ1) is 19.4. The predicted molar refractivity (Wildman–Crippen MR) is 148 cm³/mol. The Labute approximate surface area is 232 Å². The van der Waals surface area contributed by atoms with Crippen molar-refractivity contribution in [3.8, 4) is 5.82 Å². The summed E-state index contributed by atoms with van der Waals surface area (Å²) in [7, 11) is 0. The van der Waals surface area contributed by atoms with Gasteiger partial charge in [-0.3, -0.25) is 9.47 Å². The van der Waals surface area contributed by atoms with Gasteiger partial charge in [0.1, 0.15) is 17.8 Å². The van der Waals surface area contributed by atoms with E-state index in [9.17, 15) is 18.3 Å². The molecule has 218 valence electrons. The van der Waals surface area contributed by atoms with E-state index in [1.165, 1.54) is 4.57 Å². The number of anilines is 2. The maximum Gasteiger partial charge on any atom is 0.296 e. The van der Waals surface area contributed by atoms with Crippen LogP contribution in [0.2, 0.25) is 0 Å². The molecular formula is C28H38F3N7O2. The second kappa shape index (κ2) is 13.1. The first-order valence-electron chi connectivity index (χ1n) is 14.1. The van der Waals surface area contributed by atoms with Crippen molar-refractivity contribution in [3.05, 3.63) is 36.2 Å². The number of hydrogen-bond donors (Lipinski definition) is 2. The molecule has 1 atom stereocenters. The Hall–Kier alpha value is -2.96. The molecule has 1 saturated heterocycles. The van der Waals surface area contributed by atoms with E-state index in [1.807, 2.05) is 0 Å².